The highest BCUT2D eigenvalue weighted by Crippen LogP contribution is 2.40. The fraction of sp³-hybridized carbons (Fsp3) is 0.448. The molecule has 0 bridgehead atoms. The van der Waals surface area contributed by atoms with Crippen LogP contribution in [0.2, 0.25) is 0 Å². The molecule has 3 aromatic rings. The second kappa shape index (κ2) is 11.5. The third kappa shape index (κ3) is 6.12. The third-order valence-corrected chi connectivity index (χ3v) is 6.91. The Morgan fingerprint density at radius 2 is 1.71 bits per heavy atom. The summed E-state index contributed by atoms with van der Waals surface area (Å²) in [5, 5.41) is 14.0. The quantitative estimate of drug-likeness (QED) is 0.374. The molecule has 0 radical (unpaired) electrons. The molecule has 1 saturated carbocycles. The van der Waals surface area contributed by atoms with Gasteiger partial charge in [0, 0.05) is 17.7 Å². The van der Waals surface area contributed by atoms with E-state index in [1.807, 2.05) is 18.2 Å². The molecule has 1 heterocycles. The van der Waals surface area contributed by atoms with E-state index < -0.39 is 5.97 Å². The number of carbonyl (C=O) groups is 1. The number of aromatic nitrogens is 2. The molecule has 1 aliphatic rings. The molecule has 0 saturated heterocycles. The molecule has 1 fully saturated rings. The molecular weight excluding hydrogens is 440 g/mol. The predicted octanol–water partition coefficient (Wildman–Crippen LogP) is 6.26. The lowest BCUT2D eigenvalue weighted by atomic mass is 9.82. The number of ether oxygens (including phenoxy) is 2. The van der Waals surface area contributed by atoms with Crippen molar-refractivity contribution < 1.29 is 19.4 Å². The normalized spacial score (nSPS) is 18.1. The molecule has 1 aliphatic carbocycles. The topological polar surface area (TPSA) is 73.6 Å². The minimum absolute atomic E-state index is 0.210. The van der Waals surface area contributed by atoms with Gasteiger partial charge in [0.2, 0.25) is 0 Å². The maximum absolute atomic E-state index is 10.7. The molecule has 6 nitrogen and oxygen atoms in total. The van der Waals surface area contributed by atoms with Gasteiger partial charge in [-0.25, -0.2) is 4.79 Å². The summed E-state index contributed by atoms with van der Waals surface area (Å²) in [4.78, 5) is 10.7. The van der Waals surface area contributed by atoms with Crippen molar-refractivity contribution in [2.24, 2.45) is 11.8 Å². The Balaban J connectivity index is 1.63. The zero-order chi connectivity index (χ0) is 24.8. The maximum atomic E-state index is 10.7. The summed E-state index contributed by atoms with van der Waals surface area (Å²) in [6.07, 6.45) is 4.32. The van der Waals surface area contributed by atoms with Crippen LogP contribution in [0.25, 0.3) is 22.4 Å². The molecule has 186 valence electrons. The SMILES string of the molecule is COc1cccc(-c2c(C(C)C)nn(CC3CCC(COCC(=O)O)CC3)c2-c2ccccc2)c1. The van der Waals surface area contributed by atoms with Crippen LogP contribution in [0, 0.1) is 11.8 Å². The van der Waals surface area contributed by atoms with E-state index in [1.54, 1.807) is 7.11 Å². The van der Waals surface area contributed by atoms with Crippen LogP contribution in [0.1, 0.15) is 51.1 Å². The van der Waals surface area contributed by atoms with Crippen molar-refractivity contribution in [2.75, 3.05) is 20.3 Å². The minimum atomic E-state index is -0.904. The van der Waals surface area contributed by atoms with Gasteiger partial charge in [0.1, 0.15) is 12.4 Å². The molecule has 35 heavy (non-hydrogen) atoms. The Morgan fingerprint density at radius 1 is 1.03 bits per heavy atom. The zero-order valence-corrected chi connectivity index (χ0v) is 20.9. The molecule has 0 aliphatic heterocycles. The van der Waals surface area contributed by atoms with E-state index in [0.29, 0.717) is 18.4 Å². The fourth-order valence-electron chi connectivity index (χ4n) is 5.11. The van der Waals surface area contributed by atoms with E-state index in [9.17, 15) is 4.79 Å². The van der Waals surface area contributed by atoms with E-state index >= 15 is 0 Å². The average Bonchev–Trinajstić information content (AvgIpc) is 3.25. The van der Waals surface area contributed by atoms with Gasteiger partial charge in [0.05, 0.1) is 25.1 Å². The third-order valence-electron chi connectivity index (χ3n) is 6.91. The monoisotopic (exact) mass is 476 g/mol. The van der Waals surface area contributed by atoms with Gasteiger partial charge < -0.3 is 14.6 Å². The molecule has 0 amide bonds. The molecule has 0 atom stereocenters. The number of carboxylic acids is 1. The van der Waals surface area contributed by atoms with Crippen LogP contribution in [0.5, 0.6) is 5.75 Å². The second-order valence-corrected chi connectivity index (χ2v) is 9.84. The first-order valence-electron chi connectivity index (χ1n) is 12.6. The van der Waals surface area contributed by atoms with Crippen molar-refractivity contribution in [1.29, 1.82) is 0 Å². The molecule has 0 unspecified atom stereocenters. The summed E-state index contributed by atoms with van der Waals surface area (Å²) >= 11 is 0. The Labute approximate surface area is 207 Å². The second-order valence-electron chi connectivity index (χ2n) is 9.84. The zero-order valence-electron chi connectivity index (χ0n) is 20.9. The van der Waals surface area contributed by atoms with Gasteiger partial charge in [-0.2, -0.15) is 5.10 Å². The highest BCUT2D eigenvalue weighted by Gasteiger charge is 2.27. The first kappa shape index (κ1) is 25.0. The largest absolute Gasteiger partial charge is 0.497 e. The van der Waals surface area contributed by atoms with Crippen molar-refractivity contribution in [1.82, 2.24) is 9.78 Å². The number of carboxylic acid groups (broad SMARTS) is 1. The van der Waals surface area contributed by atoms with Crippen LogP contribution in [0.3, 0.4) is 0 Å². The van der Waals surface area contributed by atoms with Gasteiger partial charge in [-0.05, 0) is 61.1 Å². The predicted molar refractivity (Wildman–Crippen MR) is 138 cm³/mol. The minimum Gasteiger partial charge on any atom is -0.497 e. The molecular formula is C29H36N2O4. The van der Waals surface area contributed by atoms with Crippen LogP contribution in [0.4, 0.5) is 0 Å². The average molecular weight is 477 g/mol. The van der Waals surface area contributed by atoms with Gasteiger partial charge in [0.15, 0.2) is 0 Å². The van der Waals surface area contributed by atoms with Gasteiger partial charge in [-0.15, -0.1) is 0 Å². The Kier molecular flexibility index (Phi) is 8.24. The Bertz CT molecular complexity index is 1110. The van der Waals surface area contributed by atoms with Gasteiger partial charge in [0.25, 0.3) is 0 Å². The lowest BCUT2D eigenvalue weighted by molar-refractivity contribution is -0.142. The summed E-state index contributed by atoms with van der Waals surface area (Å²) in [6.45, 7) is 5.60. The van der Waals surface area contributed by atoms with Crippen LogP contribution < -0.4 is 4.74 Å². The van der Waals surface area contributed by atoms with Crippen LogP contribution in [-0.2, 0) is 16.1 Å². The van der Waals surface area contributed by atoms with Gasteiger partial charge >= 0.3 is 5.97 Å². The number of rotatable bonds is 10. The Hall–Kier alpha value is -3.12. The first-order valence-corrected chi connectivity index (χ1v) is 12.6. The molecule has 6 heteroatoms. The van der Waals surface area contributed by atoms with Crippen LogP contribution in [0.15, 0.2) is 54.6 Å². The Morgan fingerprint density at radius 3 is 2.37 bits per heavy atom. The number of nitrogens with zero attached hydrogens (tertiary/aromatic N) is 2. The smallest absolute Gasteiger partial charge is 0.329 e. The van der Waals surface area contributed by atoms with Crippen LogP contribution in [-0.4, -0.2) is 41.2 Å². The van der Waals surface area contributed by atoms with Crippen molar-refractivity contribution in [3.8, 4) is 28.1 Å². The summed E-state index contributed by atoms with van der Waals surface area (Å²) < 4.78 is 13.1. The maximum Gasteiger partial charge on any atom is 0.329 e. The van der Waals surface area contributed by atoms with Crippen molar-refractivity contribution in [3.63, 3.8) is 0 Å². The number of benzene rings is 2. The number of hydrogen-bond acceptors (Lipinski definition) is 4. The lowest BCUT2D eigenvalue weighted by Crippen LogP contribution is -2.23. The van der Waals surface area contributed by atoms with Gasteiger partial charge in [-0.1, -0.05) is 56.3 Å². The van der Waals surface area contributed by atoms with Crippen molar-refractivity contribution >= 4 is 5.97 Å². The number of aliphatic carboxylic acids is 1. The van der Waals surface area contributed by atoms with E-state index in [-0.39, 0.29) is 12.5 Å². The first-order chi connectivity index (χ1) is 17.0. The van der Waals surface area contributed by atoms with E-state index in [0.717, 1.165) is 54.9 Å². The van der Waals surface area contributed by atoms with E-state index in [4.69, 9.17) is 19.7 Å². The van der Waals surface area contributed by atoms with Crippen molar-refractivity contribution in [3.05, 3.63) is 60.3 Å². The van der Waals surface area contributed by atoms with Gasteiger partial charge in [-0.3, -0.25) is 4.68 Å². The molecule has 1 N–H and O–H groups in total. The summed E-state index contributed by atoms with van der Waals surface area (Å²) in [5.74, 6) is 1.19. The highest BCUT2D eigenvalue weighted by atomic mass is 16.5. The van der Waals surface area contributed by atoms with E-state index in [2.05, 4.69) is 54.9 Å². The fourth-order valence-corrected chi connectivity index (χ4v) is 5.11. The van der Waals surface area contributed by atoms with Crippen LogP contribution >= 0.6 is 0 Å². The van der Waals surface area contributed by atoms with E-state index in [1.165, 1.54) is 11.1 Å². The standard InChI is InChI=1S/C29H36N2O4/c1-20(2)28-27(24-10-7-11-25(16-24)34-3)29(23-8-5-4-6-9-23)31(30-28)17-21-12-14-22(15-13-21)18-35-19-26(32)33/h4-11,16,20-22H,12-15,17-19H2,1-3H3,(H,32,33). The summed E-state index contributed by atoms with van der Waals surface area (Å²) in [6, 6.07) is 18.8. The molecule has 4 rings (SSSR count). The molecule has 1 aromatic heterocycles. The number of methoxy groups -OCH3 is 1. The molecule has 0 spiro atoms. The highest BCUT2D eigenvalue weighted by molar-refractivity contribution is 5.84. The number of hydrogen-bond donors (Lipinski definition) is 1. The lowest BCUT2D eigenvalue weighted by Gasteiger charge is -2.28. The summed E-state index contributed by atoms with van der Waals surface area (Å²) in [5.41, 5.74) is 5.74. The molecule has 2 aromatic carbocycles. The van der Waals surface area contributed by atoms with Crippen molar-refractivity contribution in [2.45, 2.75) is 52.0 Å². The summed E-state index contributed by atoms with van der Waals surface area (Å²) in [7, 11) is 1.70.